The maximum absolute atomic E-state index is 12.1. The average Bonchev–Trinajstić information content (AvgIpc) is 3.06. The number of carbonyl (C=O) groups excluding carboxylic acids is 1. The largest absolute Gasteiger partial charge is 0.484 e. The standard InChI is InChI=1S/C17H21NO3/c1-4-14-7-9-15(10-8-14)21-12-17(19)18(3)13(2)16-6-5-11-20-16/h5-11,13H,4,12H2,1-3H3. The Morgan fingerprint density at radius 2 is 2.00 bits per heavy atom. The fraction of sp³-hybridized carbons (Fsp3) is 0.353. The SMILES string of the molecule is CCc1ccc(OCC(=O)N(C)C(C)c2ccco2)cc1. The van der Waals surface area contributed by atoms with E-state index in [2.05, 4.69) is 6.92 Å². The summed E-state index contributed by atoms with van der Waals surface area (Å²) in [4.78, 5) is 13.8. The van der Waals surface area contributed by atoms with E-state index in [0.717, 1.165) is 12.2 Å². The molecule has 1 aromatic heterocycles. The highest BCUT2D eigenvalue weighted by molar-refractivity contribution is 5.77. The Morgan fingerprint density at radius 1 is 1.29 bits per heavy atom. The lowest BCUT2D eigenvalue weighted by Gasteiger charge is -2.23. The van der Waals surface area contributed by atoms with Gasteiger partial charge in [0, 0.05) is 7.05 Å². The normalized spacial score (nSPS) is 12.0. The number of furan rings is 1. The van der Waals surface area contributed by atoms with Crippen molar-refractivity contribution in [2.24, 2.45) is 0 Å². The van der Waals surface area contributed by atoms with Crippen LogP contribution in [-0.2, 0) is 11.2 Å². The number of nitrogens with zero attached hydrogens (tertiary/aromatic N) is 1. The number of hydrogen-bond acceptors (Lipinski definition) is 3. The third kappa shape index (κ3) is 3.88. The van der Waals surface area contributed by atoms with Crippen molar-refractivity contribution in [2.45, 2.75) is 26.3 Å². The van der Waals surface area contributed by atoms with Crippen LogP contribution >= 0.6 is 0 Å². The molecule has 1 amide bonds. The number of ether oxygens (including phenoxy) is 1. The van der Waals surface area contributed by atoms with E-state index >= 15 is 0 Å². The molecule has 0 saturated heterocycles. The zero-order valence-corrected chi connectivity index (χ0v) is 12.7. The van der Waals surface area contributed by atoms with Gasteiger partial charge in [0.1, 0.15) is 11.5 Å². The van der Waals surface area contributed by atoms with Crippen molar-refractivity contribution in [3.63, 3.8) is 0 Å². The zero-order chi connectivity index (χ0) is 15.2. The summed E-state index contributed by atoms with van der Waals surface area (Å²) >= 11 is 0. The molecule has 2 rings (SSSR count). The maximum atomic E-state index is 12.1. The second-order valence-corrected chi connectivity index (χ2v) is 4.98. The summed E-state index contributed by atoms with van der Waals surface area (Å²) in [5.74, 6) is 1.39. The molecule has 2 aromatic rings. The molecule has 21 heavy (non-hydrogen) atoms. The molecule has 1 unspecified atom stereocenters. The van der Waals surface area contributed by atoms with Crippen LogP contribution in [0.25, 0.3) is 0 Å². The Kier molecular flexibility index (Phi) is 5.04. The second-order valence-electron chi connectivity index (χ2n) is 4.98. The third-order valence-corrected chi connectivity index (χ3v) is 3.62. The summed E-state index contributed by atoms with van der Waals surface area (Å²) in [5, 5.41) is 0. The van der Waals surface area contributed by atoms with Gasteiger partial charge in [-0.3, -0.25) is 4.79 Å². The smallest absolute Gasteiger partial charge is 0.260 e. The van der Waals surface area contributed by atoms with E-state index < -0.39 is 0 Å². The van der Waals surface area contributed by atoms with Crippen molar-refractivity contribution in [1.29, 1.82) is 0 Å². The van der Waals surface area contributed by atoms with Gasteiger partial charge >= 0.3 is 0 Å². The summed E-state index contributed by atoms with van der Waals surface area (Å²) < 4.78 is 10.9. The van der Waals surface area contributed by atoms with Crippen LogP contribution in [0.5, 0.6) is 5.75 Å². The minimum atomic E-state index is -0.112. The van der Waals surface area contributed by atoms with E-state index in [4.69, 9.17) is 9.15 Å². The first-order valence-electron chi connectivity index (χ1n) is 7.12. The van der Waals surface area contributed by atoms with Crippen molar-refractivity contribution in [2.75, 3.05) is 13.7 Å². The summed E-state index contributed by atoms with van der Waals surface area (Å²) in [6.07, 6.45) is 2.60. The van der Waals surface area contributed by atoms with Crippen molar-refractivity contribution in [1.82, 2.24) is 4.90 Å². The van der Waals surface area contributed by atoms with E-state index in [1.807, 2.05) is 43.3 Å². The minimum absolute atomic E-state index is 0.0209. The maximum Gasteiger partial charge on any atom is 0.260 e. The van der Waals surface area contributed by atoms with Crippen molar-refractivity contribution in [3.8, 4) is 5.75 Å². The van der Waals surface area contributed by atoms with Crippen LogP contribution in [0.15, 0.2) is 47.1 Å². The molecule has 4 heteroatoms. The number of hydrogen-bond donors (Lipinski definition) is 0. The Balaban J connectivity index is 1.88. The third-order valence-electron chi connectivity index (χ3n) is 3.62. The molecule has 1 heterocycles. The molecule has 0 fully saturated rings. The van der Waals surface area contributed by atoms with Gasteiger partial charge in [-0.25, -0.2) is 0 Å². The second kappa shape index (κ2) is 6.97. The first-order valence-corrected chi connectivity index (χ1v) is 7.12. The predicted octanol–water partition coefficient (Wildman–Crippen LogP) is 3.44. The number of amides is 1. The van der Waals surface area contributed by atoms with Gasteiger partial charge < -0.3 is 14.1 Å². The molecule has 0 aliphatic heterocycles. The summed E-state index contributed by atoms with van der Waals surface area (Å²) in [6.45, 7) is 4.05. The predicted molar refractivity (Wildman–Crippen MR) is 81.2 cm³/mol. The number of benzene rings is 1. The van der Waals surface area contributed by atoms with Crippen LogP contribution in [0.1, 0.15) is 31.2 Å². The van der Waals surface area contributed by atoms with Crippen LogP contribution in [0.3, 0.4) is 0 Å². The summed E-state index contributed by atoms with van der Waals surface area (Å²) in [7, 11) is 1.75. The van der Waals surface area contributed by atoms with E-state index in [1.165, 1.54) is 5.56 Å². The minimum Gasteiger partial charge on any atom is -0.484 e. The molecule has 0 radical (unpaired) electrons. The highest BCUT2D eigenvalue weighted by atomic mass is 16.5. The lowest BCUT2D eigenvalue weighted by molar-refractivity contribution is -0.134. The van der Waals surface area contributed by atoms with Gasteiger partial charge in [-0.05, 0) is 43.2 Å². The molecule has 112 valence electrons. The van der Waals surface area contributed by atoms with Gasteiger partial charge in [-0.2, -0.15) is 0 Å². The van der Waals surface area contributed by atoms with Crippen LogP contribution < -0.4 is 4.74 Å². The summed E-state index contributed by atoms with van der Waals surface area (Å²) in [5.41, 5.74) is 1.25. The van der Waals surface area contributed by atoms with E-state index in [1.54, 1.807) is 18.2 Å². The van der Waals surface area contributed by atoms with Gasteiger partial charge in [-0.1, -0.05) is 19.1 Å². The molecule has 4 nitrogen and oxygen atoms in total. The molecule has 0 bridgehead atoms. The fourth-order valence-electron chi connectivity index (χ4n) is 2.00. The van der Waals surface area contributed by atoms with Crippen LogP contribution in [0.4, 0.5) is 0 Å². The fourth-order valence-corrected chi connectivity index (χ4v) is 2.00. The van der Waals surface area contributed by atoms with Gasteiger partial charge in [0.05, 0.1) is 12.3 Å². The Hall–Kier alpha value is -2.23. The van der Waals surface area contributed by atoms with Crippen LogP contribution in [0.2, 0.25) is 0 Å². The number of rotatable bonds is 6. The molecule has 1 aromatic carbocycles. The number of aryl methyl sites for hydroxylation is 1. The van der Waals surface area contributed by atoms with E-state index in [0.29, 0.717) is 5.75 Å². The molecular formula is C17H21NO3. The van der Waals surface area contributed by atoms with Crippen LogP contribution in [0, 0.1) is 0 Å². The highest BCUT2D eigenvalue weighted by Gasteiger charge is 2.19. The van der Waals surface area contributed by atoms with E-state index in [9.17, 15) is 4.79 Å². The number of likely N-dealkylation sites (N-methyl/N-ethyl adjacent to an activating group) is 1. The monoisotopic (exact) mass is 287 g/mol. The molecule has 0 aliphatic rings. The molecule has 0 saturated carbocycles. The molecule has 1 atom stereocenters. The van der Waals surface area contributed by atoms with E-state index in [-0.39, 0.29) is 18.6 Å². The van der Waals surface area contributed by atoms with Crippen LogP contribution in [-0.4, -0.2) is 24.5 Å². The van der Waals surface area contributed by atoms with Gasteiger partial charge in [-0.15, -0.1) is 0 Å². The molecule has 0 aliphatic carbocycles. The van der Waals surface area contributed by atoms with Crippen molar-refractivity contribution in [3.05, 3.63) is 54.0 Å². The number of carbonyl (C=O) groups is 1. The lowest BCUT2D eigenvalue weighted by Crippen LogP contribution is -2.33. The molecule has 0 spiro atoms. The first-order chi connectivity index (χ1) is 10.1. The Labute approximate surface area is 125 Å². The Morgan fingerprint density at radius 3 is 2.57 bits per heavy atom. The van der Waals surface area contributed by atoms with Gasteiger partial charge in [0.25, 0.3) is 5.91 Å². The highest BCUT2D eigenvalue weighted by Crippen LogP contribution is 2.19. The Bertz CT molecular complexity index is 560. The first kappa shape index (κ1) is 15.2. The average molecular weight is 287 g/mol. The molecular weight excluding hydrogens is 266 g/mol. The molecule has 0 N–H and O–H groups in total. The summed E-state index contributed by atoms with van der Waals surface area (Å²) in [6, 6.07) is 11.4. The van der Waals surface area contributed by atoms with Crippen molar-refractivity contribution >= 4 is 5.91 Å². The van der Waals surface area contributed by atoms with Crippen molar-refractivity contribution < 1.29 is 13.9 Å². The van der Waals surface area contributed by atoms with Gasteiger partial charge in [0.2, 0.25) is 0 Å². The van der Waals surface area contributed by atoms with Gasteiger partial charge in [0.15, 0.2) is 6.61 Å². The zero-order valence-electron chi connectivity index (χ0n) is 12.7. The quantitative estimate of drug-likeness (QED) is 0.817. The topological polar surface area (TPSA) is 42.7 Å². The lowest BCUT2D eigenvalue weighted by atomic mass is 10.2.